The molecule has 0 saturated heterocycles. The Morgan fingerprint density at radius 1 is 1.33 bits per heavy atom. The quantitative estimate of drug-likeness (QED) is 0.637. The van der Waals surface area contributed by atoms with Crippen LogP contribution in [0.25, 0.3) is 0 Å². The maximum absolute atomic E-state index is 11.9. The monoisotopic (exact) mass is 303 g/mol. The largest absolute Gasteiger partial charge is 0.497 e. The zero-order chi connectivity index (χ0) is 15.1. The van der Waals surface area contributed by atoms with Crippen LogP contribution in [-0.4, -0.2) is 25.3 Å². The smallest absolute Gasteiger partial charge is 0.262 e. The highest BCUT2D eigenvalue weighted by Gasteiger charge is 2.11. The van der Waals surface area contributed by atoms with E-state index in [1.807, 2.05) is 41.8 Å². The second-order valence-corrected chi connectivity index (χ2v) is 5.32. The fourth-order valence-electron chi connectivity index (χ4n) is 1.62. The molecule has 1 aromatic carbocycles. The number of carbonyl (C=O) groups is 1. The molecule has 2 N–H and O–H groups in total. The van der Waals surface area contributed by atoms with Gasteiger partial charge in [-0.1, -0.05) is 6.07 Å². The Morgan fingerprint density at radius 3 is 2.71 bits per heavy atom. The average molecular weight is 303 g/mol. The van der Waals surface area contributed by atoms with Crippen molar-refractivity contribution < 1.29 is 9.53 Å². The van der Waals surface area contributed by atoms with E-state index in [4.69, 9.17) is 4.74 Å². The summed E-state index contributed by atoms with van der Waals surface area (Å²) in [7, 11) is 1.62. The van der Waals surface area contributed by atoms with E-state index in [1.165, 1.54) is 0 Å². The highest BCUT2D eigenvalue weighted by molar-refractivity contribution is 7.11. The van der Waals surface area contributed by atoms with Crippen LogP contribution in [0.4, 0.5) is 5.69 Å². The summed E-state index contributed by atoms with van der Waals surface area (Å²) in [5.74, 6) is 0.580. The molecule has 5 nitrogen and oxygen atoms in total. The van der Waals surface area contributed by atoms with Crippen LogP contribution in [0.1, 0.15) is 11.8 Å². The first-order chi connectivity index (χ1) is 10.2. The van der Waals surface area contributed by atoms with Gasteiger partial charge in [0, 0.05) is 10.6 Å². The molecule has 0 bridgehead atoms. The molecule has 0 aliphatic rings. The van der Waals surface area contributed by atoms with Crippen molar-refractivity contribution in [2.24, 2.45) is 5.10 Å². The SMILES string of the molecule is COc1ccc(N[C@@H](C)C(=O)N/N=C\c2cccs2)cc1. The van der Waals surface area contributed by atoms with E-state index in [1.54, 1.807) is 31.6 Å². The van der Waals surface area contributed by atoms with Gasteiger partial charge in [-0.25, -0.2) is 5.43 Å². The molecule has 1 atom stereocenters. The molecule has 0 fully saturated rings. The van der Waals surface area contributed by atoms with Crippen molar-refractivity contribution in [1.29, 1.82) is 0 Å². The summed E-state index contributed by atoms with van der Waals surface area (Å²) < 4.78 is 5.08. The van der Waals surface area contributed by atoms with Crippen LogP contribution in [0.3, 0.4) is 0 Å². The first-order valence-electron chi connectivity index (χ1n) is 6.46. The molecule has 0 aliphatic carbocycles. The number of benzene rings is 1. The summed E-state index contributed by atoms with van der Waals surface area (Å²) >= 11 is 1.56. The first-order valence-corrected chi connectivity index (χ1v) is 7.34. The highest BCUT2D eigenvalue weighted by atomic mass is 32.1. The predicted octanol–water partition coefficient (Wildman–Crippen LogP) is 2.71. The van der Waals surface area contributed by atoms with Gasteiger partial charge in [0.2, 0.25) is 0 Å². The van der Waals surface area contributed by atoms with Crippen molar-refractivity contribution >= 4 is 29.1 Å². The van der Waals surface area contributed by atoms with Gasteiger partial charge in [-0.2, -0.15) is 5.10 Å². The van der Waals surface area contributed by atoms with E-state index in [-0.39, 0.29) is 11.9 Å². The maximum Gasteiger partial charge on any atom is 0.262 e. The molecule has 0 saturated carbocycles. The van der Waals surface area contributed by atoms with Crippen LogP contribution in [0.15, 0.2) is 46.9 Å². The van der Waals surface area contributed by atoms with Crippen molar-refractivity contribution in [2.75, 3.05) is 12.4 Å². The molecule has 110 valence electrons. The standard InChI is InChI=1S/C15H17N3O2S/c1-11(17-12-5-7-13(20-2)8-6-12)15(19)18-16-10-14-4-3-9-21-14/h3-11,17H,1-2H3,(H,18,19)/b16-10-/t11-/m0/s1. The molecule has 2 aromatic rings. The van der Waals surface area contributed by atoms with Crippen LogP contribution in [0.2, 0.25) is 0 Å². The summed E-state index contributed by atoms with van der Waals surface area (Å²) in [6.45, 7) is 1.78. The normalized spacial score (nSPS) is 12.1. The van der Waals surface area contributed by atoms with Gasteiger partial charge in [0.05, 0.1) is 13.3 Å². The summed E-state index contributed by atoms with van der Waals surface area (Å²) in [4.78, 5) is 12.9. The van der Waals surface area contributed by atoms with E-state index >= 15 is 0 Å². The number of nitrogens with zero attached hydrogens (tertiary/aromatic N) is 1. The van der Waals surface area contributed by atoms with Crippen molar-refractivity contribution in [2.45, 2.75) is 13.0 Å². The third-order valence-electron chi connectivity index (χ3n) is 2.78. The van der Waals surface area contributed by atoms with Crippen LogP contribution >= 0.6 is 11.3 Å². The van der Waals surface area contributed by atoms with Crippen molar-refractivity contribution in [3.63, 3.8) is 0 Å². The number of amides is 1. The molecule has 21 heavy (non-hydrogen) atoms. The number of hydrazone groups is 1. The number of carbonyl (C=O) groups excluding carboxylic acids is 1. The number of thiophene rings is 1. The number of nitrogens with one attached hydrogen (secondary N) is 2. The number of hydrogen-bond acceptors (Lipinski definition) is 5. The van der Waals surface area contributed by atoms with Crippen LogP contribution in [0.5, 0.6) is 5.75 Å². The fourth-order valence-corrected chi connectivity index (χ4v) is 2.21. The molecule has 0 spiro atoms. The molecule has 1 amide bonds. The third-order valence-corrected chi connectivity index (χ3v) is 3.58. The zero-order valence-corrected chi connectivity index (χ0v) is 12.7. The van der Waals surface area contributed by atoms with Gasteiger partial charge in [-0.05, 0) is 42.6 Å². The minimum atomic E-state index is -0.390. The van der Waals surface area contributed by atoms with E-state index in [0.717, 1.165) is 16.3 Å². The van der Waals surface area contributed by atoms with Crippen LogP contribution in [-0.2, 0) is 4.79 Å². The van der Waals surface area contributed by atoms with Crippen LogP contribution in [0, 0.1) is 0 Å². The Hall–Kier alpha value is -2.34. The molecular weight excluding hydrogens is 286 g/mol. The lowest BCUT2D eigenvalue weighted by Crippen LogP contribution is -2.34. The number of rotatable bonds is 6. The first kappa shape index (κ1) is 15.1. The minimum Gasteiger partial charge on any atom is -0.497 e. The predicted molar refractivity (Wildman–Crippen MR) is 86.1 cm³/mol. The maximum atomic E-state index is 11.9. The second-order valence-electron chi connectivity index (χ2n) is 4.34. The lowest BCUT2D eigenvalue weighted by Gasteiger charge is -2.13. The topological polar surface area (TPSA) is 62.7 Å². The van der Waals surface area contributed by atoms with Crippen LogP contribution < -0.4 is 15.5 Å². The van der Waals surface area contributed by atoms with Gasteiger partial charge in [-0.3, -0.25) is 4.79 Å². The molecule has 0 radical (unpaired) electrons. The molecule has 1 heterocycles. The molecule has 0 unspecified atom stereocenters. The molecule has 6 heteroatoms. The van der Waals surface area contributed by atoms with E-state index < -0.39 is 0 Å². The lowest BCUT2D eigenvalue weighted by molar-refractivity contribution is -0.121. The van der Waals surface area contributed by atoms with Gasteiger partial charge in [0.1, 0.15) is 11.8 Å². The fraction of sp³-hybridized carbons (Fsp3) is 0.200. The number of methoxy groups -OCH3 is 1. The van der Waals surface area contributed by atoms with E-state index in [9.17, 15) is 4.79 Å². The average Bonchev–Trinajstić information content (AvgIpc) is 3.01. The number of hydrogen-bond donors (Lipinski definition) is 2. The Kier molecular flexibility index (Phi) is 5.34. The van der Waals surface area contributed by atoms with Crippen molar-refractivity contribution in [1.82, 2.24) is 5.43 Å². The van der Waals surface area contributed by atoms with Crippen molar-refractivity contribution in [3.05, 3.63) is 46.7 Å². The van der Waals surface area contributed by atoms with Gasteiger partial charge >= 0.3 is 0 Å². The minimum absolute atomic E-state index is 0.196. The summed E-state index contributed by atoms with van der Waals surface area (Å²) in [6, 6.07) is 10.9. The van der Waals surface area contributed by atoms with Crippen molar-refractivity contribution in [3.8, 4) is 5.75 Å². The zero-order valence-electron chi connectivity index (χ0n) is 11.9. The Bertz CT molecular complexity index is 594. The Morgan fingerprint density at radius 2 is 2.10 bits per heavy atom. The number of ether oxygens (including phenoxy) is 1. The van der Waals surface area contributed by atoms with Gasteiger partial charge < -0.3 is 10.1 Å². The Labute approximate surface area is 127 Å². The van der Waals surface area contributed by atoms with E-state index in [0.29, 0.717) is 0 Å². The van der Waals surface area contributed by atoms with Gasteiger partial charge in [0.15, 0.2) is 0 Å². The summed E-state index contributed by atoms with van der Waals surface area (Å²) in [5.41, 5.74) is 3.36. The molecule has 1 aromatic heterocycles. The lowest BCUT2D eigenvalue weighted by atomic mass is 10.2. The van der Waals surface area contributed by atoms with Gasteiger partial charge in [-0.15, -0.1) is 11.3 Å². The Balaban J connectivity index is 1.84. The van der Waals surface area contributed by atoms with E-state index in [2.05, 4.69) is 15.8 Å². The molecule has 2 rings (SSSR count). The van der Waals surface area contributed by atoms with Gasteiger partial charge in [0.25, 0.3) is 5.91 Å². The number of anilines is 1. The molecule has 0 aliphatic heterocycles. The highest BCUT2D eigenvalue weighted by Crippen LogP contribution is 2.15. The second kappa shape index (κ2) is 7.44. The third kappa shape index (κ3) is 4.61. The summed E-state index contributed by atoms with van der Waals surface area (Å²) in [5, 5.41) is 8.98. The summed E-state index contributed by atoms with van der Waals surface area (Å²) in [6.07, 6.45) is 1.63. The molecular formula is C15H17N3O2S.